The number of amides is 2. The summed E-state index contributed by atoms with van der Waals surface area (Å²) >= 11 is 0. The van der Waals surface area contributed by atoms with Gasteiger partial charge in [0.25, 0.3) is 0 Å². The first-order chi connectivity index (χ1) is 9.08. The summed E-state index contributed by atoms with van der Waals surface area (Å²) in [5, 5.41) is 21.5. The summed E-state index contributed by atoms with van der Waals surface area (Å²) in [6, 6.07) is -1.39. The highest BCUT2D eigenvalue weighted by molar-refractivity contribution is 5.82. The number of aryl methyl sites for hydroxylation is 1. The van der Waals surface area contributed by atoms with E-state index in [1.165, 1.54) is 0 Å². The summed E-state index contributed by atoms with van der Waals surface area (Å²) in [6.45, 7) is 4.71. The summed E-state index contributed by atoms with van der Waals surface area (Å²) in [5.41, 5.74) is 0. The molecule has 8 nitrogen and oxygen atoms in total. The summed E-state index contributed by atoms with van der Waals surface area (Å²) in [6.07, 6.45) is 2.65. The molecule has 2 amide bonds. The summed E-state index contributed by atoms with van der Waals surface area (Å²) in [7, 11) is 0. The van der Waals surface area contributed by atoms with Gasteiger partial charge in [0.05, 0.1) is 6.54 Å². The topological polar surface area (TPSA) is 109 Å². The SMILES string of the molecule is CCC[C@H](NC(=O)NCc1nncn1CC)C(=O)O. The van der Waals surface area contributed by atoms with Crippen LogP contribution in [0.1, 0.15) is 32.5 Å². The van der Waals surface area contributed by atoms with E-state index in [-0.39, 0.29) is 6.54 Å². The van der Waals surface area contributed by atoms with Crippen molar-refractivity contribution in [2.24, 2.45) is 0 Å². The molecule has 0 saturated carbocycles. The third-order valence-electron chi connectivity index (χ3n) is 2.62. The van der Waals surface area contributed by atoms with Gasteiger partial charge in [-0.25, -0.2) is 9.59 Å². The molecule has 0 aliphatic heterocycles. The van der Waals surface area contributed by atoms with Crippen molar-refractivity contribution in [3.63, 3.8) is 0 Å². The van der Waals surface area contributed by atoms with Crippen molar-refractivity contribution in [2.75, 3.05) is 0 Å². The zero-order valence-corrected chi connectivity index (χ0v) is 11.1. The maximum Gasteiger partial charge on any atom is 0.326 e. The van der Waals surface area contributed by atoms with Crippen molar-refractivity contribution in [2.45, 2.75) is 45.8 Å². The Balaban J connectivity index is 2.44. The Morgan fingerprint density at radius 3 is 2.79 bits per heavy atom. The molecule has 0 aliphatic rings. The van der Waals surface area contributed by atoms with E-state index in [4.69, 9.17) is 5.11 Å². The number of carboxylic acid groups (broad SMARTS) is 1. The molecule has 0 fully saturated rings. The van der Waals surface area contributed by atoms with Crippen LogP contribution in [0.3, 0.4) is 0 Å². The van der Waals surface area contributed by atoms with Crippen molar-refractivity contribution in [3.05, 3.63) is 12.2 Å². The Hall–Kier alpha value is -2.12. The number of carbonyl (C=O) groups is 2. The quantitative estimate of drug-likeness (QED) is 0.661. The van der Waals surface area contributed by atoms with E-state index < -0.39 is 18.0 Å². The van der Waals surface area contributed by atoms with Crippen LogP contribution >= 0.6 is 0 Å². The van der Waals surface area contributed by atoms with Gasteiger partial charge < -0.3 is 20.3 Å². The highest BCUT2D eigenvalue weighted by atomic mass is 16.4. The summed E-state index contributed by atoms with van der Waals surface area (Å²) in [5.74, 6) is -0.409. The number of nitrogens with zero attached hydrogens (tertiary/aromatic N) is 3. The molecular formula is C11H19N5O3. The molecule has 0 bridgehead atoms. The largest absolute Gasteiger partial charge is 0.480 e. The molecule has 0 spiro atoms. The molecule has 19 heavy (non-hydrogen) atoms. The minimum Gasteiger partial charge on any atom is -0.480 e. The fraction of sp³-hybridized carbons (Fsp3) is 0.636. The van der Waals surface area contributed by atoms with E-state index in [9.17, 15) is 9.59 Å². The molecular weight excluding hydrogens is 250 g/mol. The monoisotopic (exact) mass is 269 g/mol. The van der Waals surface area contributed by atoms with Gasteiger partial charge in [0, 0.05) is 6.54 Å². The van der Waals surface area contributed by atoms with Crippen LogP contribution in [0.25, 0.3) is 0 Å². The molecule has 0 aromatic carbocycles. The van der Waals surface area contributed by atoms with Gasteiger partial charge in [-0.2, -0.15) is 0 Å². The van der Waals surface area contributed by atoms with Crippen molar-refractivity contribution in [3.8, 4) is 0 Å². The van der Waals surface area contributed by atoms with Crippen LogP contribution in [-0.4, -0.2) is 37.9 Å². The first-order valence-corrected chi connectivity index (χ1v) is 6.22. The lowest BCUT2D eigenvalue weighted by Gasteiger charge is -2.14. The predicted octanol–water partition coefficient (Wildman–Crippen LogP) is 0.350. The Kier molecular flexibility index (Phi) is 5.77. The average Bonchev–Trinajstić information content (AvgIpc) is 2.83. The normalized spacial score (nSPS) is 11.9. The standard InChI is InChI=1S/C11H19N5O3/c1-3-5-8(10(17)18)14-11(19)12-6-9-15-13-7-16(9)4-2/h7-8H,3-6H2,1-2H3,(H,17,18)(H2,12,14,19)/t8-/m0/s1. The third kappa shape index (κ3) is 4.57. The Morgan fingerprint density at radius 2 is 2.21 bits per heavy atom. The maximum absolute atomic E-state index is 11.6. The lowest BCUT2D eigenvalue weighted by molar-refractivity contribution is -0.139. The fourth-order valence-corrected chi connectivity index (χ4v) is 1.59. The van der Waals surface area contributed by atoms with Crippen LogP contribution in [0.2, 0.25) is 0 Å². The van der Waals surface area contributed by atoms with Gasteiger partial charge in [-0.15, -0.1) is 10.2 Å². The minimum atomic E-state index is -1.03. The van der Waals surface area contributed by atoms with Gasteiger partial charge in [0.1, 0.15) is 12.4 Å². The summed E-state index contributed by atoms with van der Waals surface area (Å²) in [4.78, 5) is 22.5. The lowest BCUT2D eigenvalue weighted by atomic mass is 10.2. The van der Waals surface area contributed by atoms with E-state index in [2.05, 4.69) is 20.8 Å². The molecule has 106 valence electrons. The minimum absolute atomic E-state index is 0.206. The molecule has 0 radical (unpaired) electrons. The second kappa shape index (κ2) is 7.34. The number of urea groups is 1. The molecule has 1 rings (SSSR count). The van der Waals surface area contributed by atoms with Crippen molar-refractivity contribution in [1.82, 2.24) is 25.4 Å². The van der Waals surface area contributed by atoms with E-state index in [0.29, 0.717) is 25.2 Å². The number of nitrogens with one attached hydrogen (secondary N) is 2. The highest BCUT2D eigenvalue weighted by Crippen LogP contribution is 1.97. The second-order valence-corrected chi connectivity index (χ2v) is 4.04. The van der Waals surface area contributed by atoms with Crippen molar-refractivity contribution in [1.29, 1.82) is 0 Å². The number of carboxylic acids is 1. The molecule has 0 saturated heterocycles. The molecule has 1 aromatic heterocycles. The van der Waals surface area contributed by atoms with Gasteiger partial charge in [-0.1, -0.05) is 13.3 Å². The van der Waals surface area contributed by atoms with E-state index in [0.717, 1.165) is 0 Å². The summed E-state index contributed by atoms with van der Waals surface area (Å²) < 4.78 is 1.79. The van der Waals surface area contributed by atoms with Crippen LogP contribution in [0, 0.1) is 0 Å². The van der Waals surface area contributed by atoms with E-state index >= 15 is 0 Å². The average molecular weight is 269 g/mol. The number of aliphatic carboxylic acids is 1. The van der Waals surface area contributed by atoms with Crippen molar-refractivity contribution < 1.29 is 14.7 Å². The van der Waals surface area contributed by atoms with Crippen molar-refractivity contribution >= 4 is 12.0 Å². The first kappa shape index (κ1) is 14.9. The molecule has 0 aliphatic carbocycles. The zero-order valence-electron chi connectivity index (χ0n) is 11.1. The molecule has 1 aromatic rings. The zero-order chi connectivity index (χ0) is 14.3. The number of hydrogen-bond acceptors (Lipinski definition) is 4. The van der Waals surface area contributed by atoms with E-state index in [1.54, 1.807) is 10.9 Å². The number of hydrogen-bond donors (Lipinski definition) is 3. The van der Waals surface area contributed by atoms with Gasteiger partial charge in [0.2, 0.25) is 0 Å². The van der Waals surface area contributed by atoms with Crippen LogP contribution in [0.5, 0.6) is 0 Å². The van der Waals surface area contributed by atoms with Gasteiger partial charge in [-0.3, -0.25) is 0 Å². The lowest BCUT2D eigenvalue weighted by Crippen LogP contribution is -2.45. The van der Waals surface area contributed by atoms with Crippen LogP contribution in [0.15, 0.2) is 6.33 Å². The fourth-order valence-electron chi connectivity index (χ4n) is 1.59. The maximum atomic E-state index is 11.6. The Labute approximate surface area is 111 Å². The van der Waals surface area contributed by atoms with E-state index in [1.807, 2.05) is 13.8 Å². The van der Waals surface area contributed by atoms with Crippen LogP contribution < -0.4 is 10.6 Å². The molecule has 3 N–H and O–H groups in total. The molecule has 1 heterocycles. The Bertz CT molecular complexity index is 432. The number of carbonyl (C=O) groups excluding carboxylic acids is 1. The molecule has 0 unspecified atom stereocenters. The van der Waals surface area contributed by atoms with Crippen LogP contribution in [0.4, 0.5) is 4.79 Å². The van der Waals surface area contributed by atoms with Gasteiger partial charge >= 0.3 is 12.0 Å². The molecule has 8 heteroatoms. The van der Waals surface area contributed by atoms with Crippen LogP contribution in [-0.2, 0) is 17.9 Å². The van der Waals surface area contributed by atoms with Gasteiger partial charge in [0.15, 0.2) is 5.82 Å². The predicted molar refractivity (Wildman–Crippen MR) is 67.4 cm³/mol. The number of aromatic nitrogens is 3. The third-order valence-corrected chi connectivity index (χ3v) is 2.62. The first-order valence-electron chi connectivity index (χ1n) is 6.22. The molecule has 1 atom stereocenters. The Morgan fingerprint density at radius 1 is 1.47 bits per heavy atom. The highest BCUT2D eigenvalue weighted by Gasteiger charge is 2.18. The van der Waals surface area contributed by atoms with Gasteiger partial charge in [-0.05, 0) is 13.3 Å². The second-order valence-electron chi connectivity index (χ2n) is 4.04. The smallest absolute Gasteiger partial charge is 0.326 e. The number of rotatable bonds is 7.